The molecule has 0 amide bonds. The van der Waals surface area contributed by atoms with Gasteiger partial charge in [0.05, 0.1) is 16.8 Å². The lowest BCUT2D eigenvalue weighted by atomic mass is 10.0. The van der Waals surface area contributed by atoms with Gasteiger partial charge in [-0.2, -0.15) is 0 Å². The summed E-state index contributed by atoms with van der Waals surface area (Å²) in [6.45, 7) is 0. The van der Waals surface area contributed by atoms with Crippen LogP contribution in [-0.4, -0.2) is 9.97 Å². The van der Waals surface area contributed by atoms with E-state index in [4.69, 9.17) is 0 Å². The van der Waals surface area contributed by atoms with Crippen LogP contribution in [0.15, 0.2) is 48.5 Å². The van der Waals surface area contributed by atoms with E-state index >= 15 is 0 Å². The molecular formula is C20H8F6N2. The molecule has 0 radical (unpaired) electrons. The van der Waals surface area contributed by atoms with Gasteiger partial charge in [-0.3, -0.25) is 0 Å². The van der Waals surface area contributed by atoms with E-state index in [0.29, 0.717) is 5.56 Å². The van der Waals surface area contributed by atoms with Gasteiger partial charge in [0.1, 0.15) is 5.82 Å². The van der Waals surface area contributed by atoms with E-state index in [1.807, 2.05) is 0 Å². The van der Waals surface area contributed by atoms with Gasteiger partial charge >= 0.3 is 0 Å². The molecule has 0 spiro atoms. The van der Waals surface area contributed by atoms with Crippen LogP contribution in [0.3, 0.4) is 0 Å². The Hall–Kier alpha value is -3.42. The van der Waals surface area contributed by atoms with Gasteiger partial charge in [0, 0.05) is 17.0 Å². The lowest BCUT2D eigenvalue weighted by molar-refractivity contribution is 0.381. The van der Waals surface area contributed by atoms with E-state index in [-0.39, 0.29) is 16.7 Å². The number of benzene rings is 3. The Balaban J connectivity index is 2.13. The molecule has 0 saturated heterocycles. The summed E-state index contributed by atoms with van der Waals surface area (Å²) >= 11 is 0. The van der Waals surface area contributed by atoms with Crippen molar-refractivity contribution in [3.63, 3.8) is 0 Å². The van der Waals surface area contributed by atoms with Crippen LogP contribution in [0.4, 0.5) is 26.3 Å². The van der Waals surface area contributed by atoms with Gasteiger partial charge in [-0.15, -0.1) is 0 Å². The fourth-order valence-corrected chi connectivity index (χ4v) is 2.82. The Kier molecular flexibility index (Phi) is 4.26. The highest BCUT2D eigenvalue weighted by Gasteiger charge is 2.29. The van der Waals surface area contributed by atoms with Crippen molar-refractivity contribution in [2.75, 3.05) is 0 Å². The van der Waals surface area contributed by atoms with Crippen molar-refractivity contribution < 1.29 is 26.3 Å². The van der Waals surface area contributed by atoms with Gasteiger partial charge in [-0.1, -0.05) is 30.3 Å². The molecule has 8 heteroatoms. The Morgan fingerprint density at radius 2 is 1.21 bits per heavy atom. The molecule has 0 unspecified atom stereocenters. The predicted molar refractivity (Wildman–Crippen MR) is 90.2 cm³/mol. The minimum Gasteiger partial charge on any atom is -0.228 e. The summed E-state index contributed by atoms with van der Waals surface area (Å²) in [5.74, 6) is -11.3. The van der Waals surface area contributed by atoms with E-state index in [9.17, 15) is 26.3 Å². The average molecular weight is 390 g/mol. The fourth-order valence-electron chi connectivity index (χ4n) is 2.82. The maximum Gasteiger partial charge on any atom is 0.200 e. The molecule has 2 nitrogen and oxygen atoms in total. The SMILES string of the molecule is Fc1ccc2c(-c3c(F)c(F)c(F)c(F)c3F)nc(-c3ccccc3)nc2c1. The lowest BCUT2D eigenvalue weighted by Gasteiger charge is -2.12. The minimum absolute atomic E-state index is 0.0483. The van der Waals surface area contributed by atoms with Crippen LogP contribution in [0.5, 0.6) is 0 Å². The second-order valence-electron chi connectivity index (χ2n) is 5.87. The molecular weight excluding hydrogens is 382 g/mol. The van der Waals surface area contributed by atoms with Crippen molar-refractivity contribution in [1.29, 1.82) is 0 Å². The van der Waals surface area contributed by atoms with E-state index in [1.54, 1.807) is 30.3 Å². The van der Waals surface area contributed by atoms with Crippen molar-refractivity contribution in [1.82, 2.24) is 9.97 Å². The maximum absolute atomic E-state index is 14.4. The Bertz CT molecular complexity index is 1200. The van der Waals surface area contributed by atoms with Crippen molar-refractivity contribution in [3.05, 3.63) is 83.4 Å². The summed E-state index contributed by atoms with van der Waals surface area (Å²) in [6.07, 6.45) is 0. The smallest absolute Gasteiger partial charge is 0.200 e. The number of hydrogen-bond donors (Lipinski definition) is 0. The lowest BCUT2D eigenvalue weighted by Crippen LogP contribution is -2.06. The quantitative estimate of drug-likeness (QED) is 0.246. The molecule has 4 rings (SSSR count). The first-order chi connectivity index (χ1) is 13.4. The van der Waals surface area contributed by atoms with E-state index in [2.05, 4.69) is 9.97 Å². The normalized spacial score (nSPS) is 11.2. The highest BCUT2D eigenvalue weighted by molar-refractivity contribution is 5.94. The first-order valence-corrected chi connectivity index (χ1v) is 7.93. The molecule has 0 atom stereocenters. The zero-order valence-electron chi connectivity index (χ0n) is 13.8. The number of fused-ring (bicyclic) bond motifs is 1. The largest absolute Gasteiger partial charge is 0.228 e. The van der Waals surface area contributed by atoms with Crippen molar-refractivity contribution in [3.8, 4) is 22.6 Å². The molecule has 0 fully saturated rings. The number of hydrogen-bond acceptors (Lipinski definition) is 2. The summed E-state index contributed by atoms with van der Waals surface area (Å²) in [5, 5.41) is -0.0655. The van der Waals surface area contributed by atoms with Crippen LogP contribution < -0.4 is 0 Å². The third-order valence-corrected chi connectivity index (χ3v) is 4.14. The molecule has 1 heterocycles. The topological polar surface area (TPSA) is 25.8 Å². The molecule has 0 aliphatic carbocycles. The van der Waals surface area contributed by atoms with Crippen molar-refractivity contribution >= 4 is 10.9 Å². The molecule has 0 aliphatic heterocycles. The molecule has 0 saturated carbocycles. The van der Waals surface area contributed by atoms with Crippen LogP contribution in [0.2, 0.25) is 0 Å². The summed E-state index contributed by atoms with van der Waals surface area (Å²) in [4.78, 5) is 8.19. The monoisotopic (exact) mass is 390 g/mol. The summed E-state index contributed by atoms with van der Waals surface area (Å²) < 4.78 is 83.3. The summed E-state index contributed by atoms with van der Waals surface area (Å²) in [6, 6.07) is 11.2. The molecule has 0 aliphatic rings. The van der Waals surface area contributed by atoms with Crippen LogP contribution in [0, 0.1) is 34.9 Å². The average Bonchev–Trinajstić information content (AvgIpc) is 2.71. The standard InChI is InChI=1S/C20H8F6N2/c21-10-6-7-11-12(8-10)27-20(9-4-2-1-3-5-9)28-19(11)13-14(22)16(24)18(26)17(25)15(13)23/h1-8H. The second kappa shape index (κ2) is 6.63. The number of rotatable bonds is 2. The minimum atomic E-state index is -2.27. The second-order valence-corrected chi connectivity index (χ2v) is 5.87. The Morgan fingerprint density at radius 1 is 0.607 bits per heavy atom. The Labute approximate surface area is 154 Å². The van der Waals surface area contributed by atoms with E-state index in [0.717, 1.165) is 18.2 Å². The number of halogens is 6. The number of aromatic nitrogens is 2. The first kappa shape index (κ1) is 18.0. The van der Waals surface area contributed by atoms with E-state index in [1.165, 1.54) is 0 Å². The molecule has 4 aromatic rings. The maximum atomic E-state index is 14.4. The first-order valence-electron chi connectivity index (χ1n) is 7.93. The highest BCUT2D eigenvalue weighted by atomic mass is 19.2. The molecule has 0 N–H and O–H groups in total. The number of nitrogens with zero attached hydrogens (tertiary/aromatic N) is 2. The highest BCUT2D eigenvalue weighted by Crippen LogP contribution is 2.35. The van der Waals surface area contributed by atoms with Gasteiger partial charge in [0.25, 0.3) is 0 Å². The molecule has 0 bridgehead atoms. The van der Waals surface area contributed by atoms with Crippen molar-refractivity contribution in [2.24, 2.45) is 0 Å². The van der Waals surface area contributed by atoms with Gasteiger partial charge in [0.2, 0.25) is 5.82 Å². The van der Waals surface area contributed by atoms with Crippen LogP contribution in [0.1, 0.15) is 0 Å². The third kappa shape index (κ3) is 2.77. The Morgan fingerprint density at radius 3 is 1.86 bits per heavy atom. The van der Waals surface area contributed by atoms with Crippen molar-refractivity contribution in [2.45, 2.75) is 0 Å². The third-order valence-electron chi connectivity index (χ3n) is 4.14. The van der Waals surface area contributed by atoms with E-state index < -0.39 is 46.2 Å². The van der Waals surface area contributed by atoms with Gasteiger partial charge in [0.15, 0.2) is 29.1 Å². The predicted octanol–water partition coefficient (Wildman–Crippen LogP) is 5.80. The molecule has 3 aromatic carbocycles. The summed E-state index contributed by atoms with van der Waals surface area (Å²) in [5.41, 5.74) is -1.36. The van der Waals surface area contributed by atoms with Crippen LogP contribution in [0.25, 0.3) is 33.5 Å². The van der Waals surface area contributed by atoms with Gasteiger partial charge in [-0.05, 0) is 12.1 Å². The molecule has 28 heavy (non-hydrogen) atoms. The zero-order chi connectivity index (χ0) is 20.0. The summed E-state index contributed by atoms with van der Waals surface area (Å²) in [7, 11) is 0. The van der Waals surface area contributed by atoms with Crippen LogP contribution in [-0.2, 0) is 0 Å². The van der Waals surface area contributed by atoms with Crippen LogP contribution >= 0.6 is 0 Å². The van der Waals surface area contributed by atoms with Gasteiger partial charge in [-0.25, -0.2) is 36.3 Å². The zero-order valence-corrected chi connectivity index (χ0v) is 13.8. The molecule has 1 aromatic heterocycles. The fraction of sp³-hybridized carbons (Fsp3) is 0. The van der Waals surface area contributed by atoms with Gasteiger partial charge < -0.3 is 0 Å². The molecule has 140 valence electrons.